The van der Waals surface area contributed by atoms with Gasteiger partial charge in [0.15, 0.2) is 5.75 Å². The van der Waals surface area contributed by atoms with Gasteiger partial charge in [0.2, 0.25) is 5.78 Å². The Hall–Kier alpha value is -1.65. The standard InChI is InChI=1S/C17H17F2IN4O2S2/c1-23(2)10-12(9-21)17(25)15-6-11-7-16(26-19)13(22-27-5-3-4-18)8-14(11)24(15)28-20/h6-8,10,22H,3-5H2,1-2H3/b12-10+. The van der Waals surface area contributed by atoms with E-state index in [2.05, 4.69) is 9.66 Å². The maximum atomic E-state index is 13.0. The molecule has 1 aromatic heterocycles. The van der Waals surface area contributed by atoms with Crippen LogP contribution in [0, 0.1) is 11.3 Å². The average molecular weight is 538 g/mol. The zero-order valence-electron chi connectivity index (χ0n) is 15.0. The third-order valence-corrected chi connectivity index (χ3v) is 6.13. The number of Topliss-reactive ketones (excluding diaryl/α,β-unsaturated/α-hetero) is 1. The molecule has 2 aromatic rings. The fourth-order valence-corrected chi connectivity index (χ4v) is 4.76. The molecule has 0 aliphatic rings. The first-order valence-corrected chi connectivity index (χ1v) is 12.3. The maximum Gasteiger partial charge on any atom is 0.222 e. The molecule has 0 amide bonds. The maximum absolute atomic E-state index is 13.0. The average Bonchev–Trinajstić information content (AvgIpc) is 3.05. The molecule has 0 unspecified atom stereocenters. The van der Waals surface area contributed by atoms with E-state index in [1.165, 1.54) is 33.3 Å². The van der Waals surface area contributed by atoms with Gasteiger partial charge in [-0.05, 0) is 24.6 Å². The summed E-state index contributed by atoms with van der Waals surface area (Å²) in [6, 6.07) is 6.62. The van der Waals surface area contributed by atoms with Crippen molar-refractivity contribution in [2.24, 2.45) is 0 Å². The van der Waals surface area contributed by atoms with E-state index in [9.17, 15) is 19.0 Å². The van der Waals surface area contributed by atoms with Crippen LogP contribution in [0.25, 0.3) is 10.9 Å². The van der Waals surface area contributed by atoms with Gasteiger partial charge in [0.25, 0.3) is 0 Å². The number of nitriles is 1. The highest BCUT2D eigenvalue weighted by molar-refractivity contribution is 14.2. The summed E-state index contributed by atoms with van der Waals surface area (Å²) >= 11 is 3.26. The van der Waals surface area contributed by atoms with Crippen molar-refractivity contribution >= 4 is 64.6 Å². The van der Waals surface area contributed by atoms with Crippen LogP contribution in [0.15, 0.2) is 30.0 Å². The van der Waals surface area contributed by atoms with Gasteiger partial charge in [-0.2, -0.15) is 5.26 Å². The van der Waals surface area contributed by atoms with Crippen molar-refractivity contribution in [1.82, 2.24) is 8.87 Å². The SMILES string of the molecule is CN(C)/C=C(\C#N)C(=O)c1cc2cc(OF)c(NSCCCF)cc2n1SI. The largest absolute Gasteiger partial charge is 0.382 e. The van der Waals surface area contributed by atoms with E-state index < -0.39 is 12.5 Å². The molecule has 0 atom stereocenters. The first-order chi connectivity index (χ1) is 13.5. The van der Waals surface area contributed by atoms with Crippen LogP contribution in [0.3, 0.4) is 0 Å². The number of fused-ring (bicyclic) bond motifs is 1. The molecule has 150 valence electrons. The number of halogens is 3. The van der Waals surface area contributed by atoms with Crippen molar-refractivity contribution in [2.45, 2.75) is 6.42 Å². The highest BCUT2D eigenvalue weighted by Gasteiger charge is 2.21. The Bertz CT molecular complexity index is 928. The van der Waals surface area contributed by atoms with Crippen LogP contribution in [0.5, 0.6) is 5.75 Å². The molecular formula is C17H17F2IN4O2S2. The minimum atomic E-state index is -0.439. The van der Waals surface area contributed by atoms with E-state index in [1.807, 2.05) is 27.3 Å². The molecule has 28 heavy (non-hydrogen) atoms. The molecular weight excluding hydrogens is 521 g/mol. The number of carbonyl (C=O) groups is 1. The van der Waals surface area contributed by atoms with Gasteiger partial charge in [-0.15, -0.1) is 0 Å². The second-order valence-corrected chi connectivity index (χ2v) is 8.40. The van der Waals surface area contributed by atoms with Gasteiger partial charge in [-0.1, -0.05) is 11.9 Å². The lowest BCUT2D eigenvalue weighted by Crippen LogP contribution is -2.10. The van der Waals surface area contributed by atoms with Crippen molar-refractivity contribution in [3.05, 3.63) is 35.7 Å². The lowest BCUT2D eigenvalue weighted by Gasteiger charge is -2.10. The highest BCUT2D eigenvalue weighted by Crippen LogP contribution is 2.37. The predicted octanol–water partition coefficient (Wildman–Crippen LogP) is 5.32. The van der Waals surface area contributed by atoms with Crippen molar-refractivity contribution < 1.29 is 18.7 Å². The normalized spacial score (nSPS) is 11.4. The van der Waals surface area contributed by atoms with Gasteiger partial charge in [0.05, 0.1) is 17.9 Å². The summed E-state index contributed by atoms with van der Waals surface area (Å²) in [4.78, 5) is 18.4. The summed E-state index contributed by atoms with van der Waals surface area (Å²) in [5.41, 5.74) is 1.30. The molecule has 0 radical (unpaired) electrons. The number of allylic oxidation sites excluding steroid dienone is 1. The first kappa shape index (κ1) is 22.6. The summed E-state index contributed by atoms with van der Waals surface area (Å²) in [6.07, 6.45) is 1.83. The predicted molar refractivity (Wildman–Crippen MR) is 119 cm³/mol. The third kappa shape index (κ3) is 5.24. The zero-order valence-corrected chi connectivity index (χ0v) is 18.8. The molecule has 0 bridgehead atoms. The Balaban J connectivity index is 2.50. The second kappa shape index (κ2) is 10.8. The van der Waals surface area contributed by atoms with Crippen LogP contribution < -0.4 is 9.66 Å². The number of hydrogen-bond donors (Lipinski definition) is 1. The topological polar surface area (TPSA) is 70.3 Å². The first-order valence-electron chi connectivity index (χ1n) is 8.00. The Kier molecular flexibility index (Phi) is 8.71. The molecule has 6 nitrogen and oxygen atoms in total. The number of anilines is 1. The van der Waals surface area contributed by atoms with Gasteiger partial charge in [0, 0.05) is 66.3 Å². The summed E-state index contributed by atoms with van der Waals surface area (Å²) in [5, 5.41) is 9.90. The molecule has 0 saturated carbocycles. The number of nitrogens with zero attached hydrogens (tertiary/aromatic N) is 3. The molecule has 0 saturated heterocycles. The number of aromatic nitrogens is 1. The fourth-order valence-electron chi connectivity index (χ4n) is 2.38. The van der Waals surface area contributed by atoms with Crippen LogP contribution in [-0.4, -0.2) is 41.2 Å². The minimum Gasteiger partial charge on any atom is -0.382 e. The lowest BCUT2D eigenvalue weighted by molar-refractivity contribution is -0.00504. The summed E-state index contributed by atoms with van der Waals surface area (Å²) in [5.74, 6) is 0.0257. The monoisotopic (exact) mass is 538 g/mol. The summed E-state index contributed by atoms with van der Waals surface area (Å²) in [7, 11) is 4.70. The number of ketones is 1. The number of carbonyl (C=O) groups excluding carboxylic acids is 1. The number of hydrogen-bond acceptors (Lipinski definition) is 7. The van der Waals surface area contributed by atoms with E-state index in [-0.39, 0.29) is 17.0 Å². The minimum absolute atomic E-state index is 0.0124. The van der Waals surface area contributed by atoms with Gasteiger partial charge in [0.1, 0.15) is 17.3 Å². The van der Waals surface area contributed by atoms with Crippen LogP contribution in [-0.2, 0) is 0 Å². The van der Waals surface area contributed by atoms with E-state index in [0.717, 1.165) is 0 Å². The molecule has 0 fully saturated rings. The molecule has 0 aliphatic heterocycles. The van der Waals surface area contributed by atoms with Crippen LogP contribution >= 0.6 is 42.3 Å². The molecule has 0 spiro atoms. The Morgan fingerprint density at radius 3 is 2.79 bits per heavy atom. The van der Waals surface area contributed by atoms with E-state index in [0.29, 0.717) is 28.8 Å². The molecule has 1 heterocycles. The molecule has 0 aliphatic carbocycles. The molecule has 11 heteroatoms. The van der Waals surface area contributed by atoms with Crippen LogP contribution in [0.4, 0.5) is 14.6 Å². The molecule has 2 rings (SSSR count). The van der Waals surface area contributed by atoms with Crippen molar-refractivity contribution in [3.63, 3.8) is 0 Å². The van der Waals surface area contributed by atoms with Crippen LogP contribution in [0.2, 0.25) is 0 Å². The molecule has 1 aromatic carbocycles. The van der Waals surface area contributed by atoms with Crippen molar-refractivity contribution in [3.8, 4) is 11.8 Å². The fraction of sp³-hybridized carbons (Fsp3) is 0.294. The van der Waals surface area contributed by atoms with Gasteiger partial charge in [-0.3, -0.25) is 18.1 Å². The second-order valence-electron chi connectivity index (χ2n) is 5.82. The smallest absolute Gasteiger partial charge is 0.222 e. The summed E-state index contributed by atoms with van der Waals surface area (Å²) in [6.45, 7) is -0.429. The van der Waals surface area contributed by atoms with Gasteiger partial charge in [-0.25, -0.2) is 0 Å². The van der Waals surface area contributed by atoms with E-state index in [1.54, 1.807) is 35.1 Å². The third-order valence-electron chi connectivity index (χ3n) is 3.56. The van der Waals surface area contributed by atoms with E-state index in [4.69, 9.17) is 0 Å². The molecule has 1 N–H and O–H groups in total. The lowest BCUT2D eigenvalue weighted by atomic mass is 10.1. The van der Waals surface area contributed by atoms with E-state index >= 15 is 0 Å². The van der Waals surface area contributed by atoms with Crippen LogP contribution in [0.1, 0.15) is 16.9 Å². The highest BCUT2D eigenvalue weighted by atomic mass is 127. The van der Waals surface area contributed by atoms with Gasteiger partial charge >= 0.3 is 0 Å². The Labute approximate surface area is 182 Å². The van der Waals surface area contributed by atoms with Crippen molar-refractivity contribution in [1.29, 1.82) is 5.26 Å². The van der Waals surface area contributed by atoms with Gasteiger partial charge < -0.3 is 9.62 Å². The number of benzene rings is 1. The Morgan fingerprint density at radius 1 is 1.46 bits per heavy atom. The summed E-state index contributed by atoms with van der Waals surface area (Å²) < 4.78 is 29.9. The number of rotatable bonds is 10. The quantitative estimate of drug-likeness (QED) is 0.110. The van der Waals surface area contributed by atoms with Crippen molar-refractivity contribution in [2.75, 3.05) is 31.2 Å². The number of nitrogens with one attached hydrogen (secondary N) is 1. The number of alkyl halides is 1. The zero-order chi connectivity index (χ0) is 20.7. The Morgan fingerprint density at radius 2 is 2.21 bits per heavy atom.